The standard InChI is InChI=1S/C13H15ClN4O2/c1-2-20-13(19)7-11-16-12(18-17-11)8-15-10-5-3-9(14)4-6-10/h3-6,15H,2,7-8H2,1H3,(H,16,17,18). The lowest BCUT2D eigenvalue weighted by molar-refractivity contribution is -0.142. The van der Waals surface area contributed by atoms with Crippen molar-refractivity contribution in [2.75, 3.05) is 11.9 Å². The molecule has 0 radical (unpaired) electrons. The summed E-state index contributed by atoms with van der Waals surface area (Å²) in [6, 6.07) is 7.35. The monoisotopic (exact) mass is 294 g/mol. The maximum absolute atomic E-state index is 11.3. The van der Waals surface area contributed by atoms with Crippen LogP contribution in [0.25, 0.3) is 0 Å². The van der Waals surface area contributed by atoms with Crippen molar-refractivity contribution in [3.63, 3.8) is 0 Å². The molecule has 0 unspecified atom stereocenters. The zero-order chi connectivity index (χ0) is 14.4. The Morgan fingerprint density at radius 3 is 2.85 bits per heavy atom. The van der Waals surface area contributed by atoms with Gasteiger partial charge in [0.1, 0.15) is 12.2 Å². The first-order valence-corrected chi connectivity index (χ1v) is 6.60. The number of aromatic nitrogens is 3. The van der Waals surface area contributed by atoms with Crippen LogP contribution in [0.1, 0.15) is 18.6 Å². The van der Waals surface area contributed by atoms with Crippen molar-refractivity contribution in [3.05, 3.63) is 40.9 Å². The molecular weight excluding hydrogens is 280 g/mol. The third-order valence-corrected chi connectivity index (χ3v) is 2.74. The van der Waals surface area contributed by atoms with E-state index in [1.807, 2.05) is 12.1 Å². The molecule has 0 aliphatic heterocycles. The van der Waals surface area contributed by atoms with Gasteiger partial charge >= 0.3 is 5.97 Å². The lowest BCUT2D eigenvalue weighted by Gasteiger charge is -2.03. The number of aromatic amines is 1. The van der Waals surface area contributed by atoms with E-state index in [1.54, 1.807) is 19.1 Å². The van der Waals surface area contributed by atoms with E-state index in [-0.39, 0.29) is 12.4 Å². The first-order valence-electron chi connectivity index (χ1n) is 6.22. The summed E-state index contributed by atoms with van der Waals surface area (Å²) < 4.78 is 4.83. The third kappa shape index (κ3) is 4.24. The maximum atomic E-state index is 11.3. The number of hydrogen-bond acceptors (Lipinski definition) is 5. The van der Waals surface area contributed by atoms with Gasteiger partial charge in [-0.1, -0.05) is 11.6 Å². The Kier molecular flexibility index (Phi) is 4.95. The number of H-pyrrole nitrogens is 1. The lowest BCUT2D eigenvalue weighted by Crippen LogP contribution is -2.08. The molecule has 2 aromatic rings. The van der Waals surface area contributed by atoms with Crippen LogP contribution in [-0.2, 0) is 22.5 Å². The van der Waals surface area contributed by atoms with Crippen molar-refractivity contribution < 1.29 is 9.53 Å². The molecule has 0 bridgehead atoms. The molecule has 0 atom stereocenters. The first-order chi connectivity index (χ1) is 9.67. The largest absolute Gasteiger partial charge is 0.466 e. The fourth-order valence-electron chi connectivity index (χ4n) is 1.59. The summed E-state index contributed by atoms with van der Waals surface area (Å²) in [5, 5.41) is 10.6. The second kappa shape index (κ2) is 6.91. The Morgan fingerprint density at radius 1 is 1.40 bits per heavy atom. The number of esters is 1. The van der Waals surface area contributed by atoms with Crippen LogP contribution in [0.2, 0.25) is 5.02 Å². The Hall–Kier alpha value is -2.08. The minimum atomic E-state index is -0.330. The molecule has 0 aliphatic carbocycles. The van der Waals surface area contributed by atoms with Crippen LogP contribution < -0.4 is 5.32 Å². The Bertz CT molecular complexity index is 568. The van der Waals surface area contributed by atoms with E-state index in [9.17, 15) is 4.79 Å². The molecule has 7 heteroatoms. The summed E-state index contributed by atoms with van der Waals surface area (Å²) >= 11 is 5.81. The molecule has 1 aromatic carbocycles. The van der Waals surface area contributed by atoms with Crippen molar-refractivity contribution in [2.24, 2.45) is 0 Å². The number of nitrogens with one attached hydrogen (secondary N) is 2. The first kappa shape index (κ1) is 14.3. The Morgan fingerprint density at radius 2 is 2.15 bits per heavy atom. The average Bonchev–Trinajstić information content (AvgIpc) is 2.86. The molecule has 0 spiro atoms. The number of rotatable bonds is 6. The van der Waals surface area contributed by atoms with E-state index in [0.29, 0.717) is 29.8 Å². The molecule has 0 fully saturated rings. The van der Waals surface area contributed by atoms with E-state index < -0.39 is 0 Å². The third-order valence-electron chi connectivity index (χ3n) is 2.49. The molecule has 20 heavy (non-hydrogen) atoms. The van der Waals surface area contributed by atoms with Gasteiger partial charge in [0.25, 0.3) is 0 Å². The number of hydrogen-bond donors (Lipinski definition) is 2. The second-order valence-corrected chi connectivity index (χ2v) is 4.48. The highest BCUT2D eigenvalue weighted by atomic mass is 35.5. The Labute approximate surface area is 121 Å². The number of anilines is 1. The smallest absolute Gasteiger partial charge is 0.313 e. The number of ether oxygens (including phenoxy) is 1. The van der Waals surface area contributed by atoms with E-state index >= 15 is 0 Å². The lowest BCUT2D eigenvalue weighted by atomic mass is 10.3. The van der Waals surface area contributed by atoms with Gasteiger partial charge < -0.3 is 10.1 Å². The van der Waals surface area contributed by atoms with Gasteiger partial charge in [0.05, 0.1) is 13.2 Å². The van der Waals surface area contributed by atoms with Crippen molar-refractivity contribution in [3.8, 4) is 0 Å². The topological polar surface area (TPSA) is 79.9 Å². The SMILES string of the molecule is CCOC(=O)Cc1n[nH]c(CNc2ccc(Cl)cc2)n1. The van der Waals surface area contributed by atoms with Crippen LogP contribution in [0, 0.1) is 0 Å². The van der Waals surface area contributed by atoms with Crippen molar-refractivity contribution in [1.29, 1.82) is 0 Å². The second-order valence-electron chi connectivity index (χ2n) is 4.04. The van der Waals surface area contributed by atoms with Gasteiger partial charge in [0.2, 0.25) is 0 Å². The Balaban J connectivity index is 1.86. The van der Waals surface area contributed by atoms with Crippen LogP contribution >= 0.6 is 11.6 Å². The summed E-state index contributed by atoms with van der Waals surface area (Å²) in [4.78, 5) is 15.5. The van der Waals surface area contributed by atoms with Gasteiger partial charge in [-0.2, -0.15) is 5.10 Å². The van der Waals surface area contributed by atoms with Crippen molar-refractivity contribution >= 4 is 23.3 Å². The average molecular weight is 295 g/mol. The van der Waals surface area contributed by atoms with Gasteiger partial charge in [-0.3, -0.25) is 9.89 Å². The van der Waals surface area contributed by atoms with Gasteiger partial charge in [0, 0.05) is 10.7 Å². The van der Waals surface area contributed by atoms with Crippen LogP contribution in [0.15, 0.2) is 24.3 Å². The van der Waals surface area contributed by atoms with E-state index in [4.69, 9.17) is 16.3 Å². The summed E-state index contributed by atoms with van der Waals surface area (Å²) in [5.41, 5.74) is 0.928. The maximum Gasteiger partial charge on any atom is 0.313 e. The highest BCUT2D eigenvalue weighted by Crippen LogP contribution is 2.13. The fraction of sp³-hybridized carbons (Fsp3) is 0.308. The molecule has 0 aliphatic rings. The minimum Gasteiger partial charge on any atom is -0.466 e. The fourth-order valence-corrected chi connectivity index (χ4v) is 1.71. The van der Waals surface area contributed by atoms with E-state index in [1.165, 1.54) is 0 Å². The van der Waals surface area contributed by atoms with E-state index in [2.05, 4.69) is 20.5 Å². The molecule has 6 nitrogen and oxygen atoms in total. The number of benzene rings is 1. The zero-order valence-corrected chi connectivity index (χ0v) is 11.8. The molecular formula is C13H15ClN4O2. The molecule has 2 rings (SSSR count). The van der Waals surface area contributed by atoms with Crippen molar-refractivity contribution in [2.45, 2.75) is 19.9 Å². The summed E-state index contributed by atoms with van der Waals surface area (Å²) in [5.74, 6) is 0.749. The molecule has 0 saturated carbocycles. The normalized spacial score (nSPS) is 10.3. The van der Waals surface area contributed by atoms with Crippen molar-refractivity contribution in [1.82, 2.24) is 15.2 Å². The zero-order valence-electron chi connectivity index (χ0n) is 11.0. The van der Waals surface area contributed by atoms with Crippen LogP contribution in [0.3, 0.4) is 0 Å². The molecule has 1 heterocycles. The highest BCUT2D eigenvalue weighted by Gasteiger charge is 2.09. The predicted octanol–water partition coefficient (Wildman–Crippen LogP) is 2.18. The number of carbonyl (C=O) groups excluding carboxylic acids is 1. The molecule has 106 valence electrons. The predicted molar refractivity (Wildman–Crippen MR) is 75.5 cm³/mol. The summed E-state index contributed by atoms with van der Waals surface area (Å²) in [7, 11) is 0. The summed E-state index contributed by atoms with van der Waals surface area (Å²) in [6.07, 6.45) is 0.0747. The number of halogens is 1. The van der Waals surface area contributed by atoms with Crippen LogP contribution in [0.4, 0.5) is 5.69 Å². The highest BCUT2D eigenvalue weighted by molar-refractivity contribution is 6.30. The molecule has 2 N–H and O–H groups in total. The molecule has 0 amide bonds. The number of carbonyl (C=O) groups is 1. The van der Waals surface area contributed by atoms with Gasteiger partial charge in [0.15, 0.2) is 5.82 Å². The minimum absolute atomic E-state index is 0.0747. The molecule has 0 saturated heterocycles. The van der Waals surface area contributed by atoms with Gasteiger partial charge in [-0.25, -0.2) is 4.98 Å². The van der Waals surface area contributed by atoms with Crippen LogP contribution in [0.5, 0.6) is 0 Å². The quantitative estimate of drug-likeness (QED) is 0.798. The number of nitrogens with zero attached hydrogens (tertiary/aromatic N) is 2. The molecule has 1 aromatic heterocycles. The van der Waals surface area contributed by atoms with Gasteiger partial charge in [-0.15, -0.1) is 0 Å². The van der Waals surface area contributed by atoms with Crippen LogP contribution in [-0.4, -0.2) is 27.8 Å². The summed E-state index contributed by atoms with van der Waals surface area (Å²) in [6.45, 7) is 2.60. The van der Waals surface area contributed by atoms with E-state index in [0.717, 1.165) is 5.69 Å². The van der Waals surface area contributed by atoms with Gasteiger partial charge in [-0.05, 0) is 31.2 Å².